The Morgan fingerprint density at radius 3 is 2.92 bits per heavy atom. The maximum Gasteiger partial charge on any atom is 0.165 e. The Labute approximate surface area is 79.7 Å². The van der Waals surface area contributed by atoms with Gasteiger partial charge in [0.1, 0.15) is 5.60 Å². The Bertz CT molecular complexity index is 239. The molecule has 0 radical (unpaired) electrons. The van der Waals surface area contributed by atoms with Crippen LogP contribution in [0.15, 0.2) is 0 Å². The lowest BCUT2D eigenvalue weighted by atomic mass is 9.94. The lowest BCUT2D eigenvalue weighted by Gasteiger charge is -2.20. The molecule has 1 unspecified atom stereocenters. The van der Waals surface area contributed by atoms with E-state index < -0.39 is 5.60 Å². The predicted molar refractivity (Wildman–Crippen MR) is 51.3 cm³/mol. The average Bonchev–Trinajstić information content (AvgIpc) is 2.54. The second-order valence-electron chi connectivity index (χ2n) is 3.53. The molecule has 0 spiro atoms. The fraction of sp³-hybridized carbons (Fsp3) is 0.727. The van der Waals surface area contributed by atoms with Gasteiger partial charge in [-0.25, -0.2) is 0 Å². The highest BCUT2D eigenvalue weighted by Gasteiger charge is 2.36. The van der Waals surface area contributed by atoms with Crippen LogP contribution >= 0.6 is 0 Å². The molecule has 0 aromatic carbocycles. The number of Topliss-reactive ketones (excluding diaryl/α,β-unsaturated/α-hetero) is 1. The zero-order chi connectivity index (χ0) is 9.73. The summed E-state index contributed by atoms with van der Waals surface area (Å²) in [4.78, 5) is 11.6. The van der Waals surface area contributed by atoms with Crippen molar-refractivity contribution < 1.29 is 9.53 Å². The fourth-order valence-corrected chi connectivity index (χ4v) is 1.56. The number of ketones is 1. The lowest BCUT2D eigenvalue weighted by molar-refractivity contribution is -0.137. The molecule has 0 aliphatic carbocycles. The Kier molecular flexibility index (Phi) is 3.50. The number of rotatable bonds is 3. The van der Waals surface area contributed by atoms with Crippen LogP contribution in [0.25, 0.3) is 0 Å². The molecule has 2 nitrogen and oxygen atoms in total. The van der Waals surface area contributed by atoms with Crippen molar-refractivity contribution in [3.63, 3.8) is 0 Å². The van der Waals surface area contributed by atoms with Crippen molar-refractivity contribution in [2.75, 3.05) is 6.61 Å². The van der Waals surface area contributed by atoms with E-state index >= 15 is 0 Å². The summed E-state index contributed by atoms with van der Waals surface area (Å²) in [5, 5.41) is 0. The maximum absolute atomic E-state index is 11.6. The number of carbonyl (C=O) groups excluding carboxylic acids is 1. The summed E-state index contributed by atoms with van der Waals surface area (Å²) in [5.41, 5.74) is -0.505. The highest BCUT2D eigenvalue weighted by atomic mass is 16.5. The Morgan fingerprint density at radius 1 is 1.62 bits per heavy atom. The first-order valence-electron chi connectivity index (χ1n) is 4.76. The minimum Gasteiger partial charge on any atom is -0.368 e. The highest BCUT2D eigenvalue weighted by molar-refractivity contribution is 5.87. The van der Waals surface area contributed by atoms with E-state index in [2.05, 4.69) is 11.8 Å². The first kappa shape index (κ1) is 10.3. The molecule has 1 aliphatic rings. The van der Waals surface area contributed by atoms with E-state index in [4.69, 9.17) is 4.74 Å². The van der Waals surface area contributed by atoms with Gasteiger partial charge < -0.3 is 4.74 Å². The van der Waals surface area contributed by atoms with Gasteiger partial charge in [-0.1, -0.05) is 0 Å². The first-order chi connectivity index (χ1) is 6.19. The Morgan fingerprint density at radius 2 is 2.38 bits per heavy atom. The number of hydrogen-bond donors (Lipinski definition) is 0. The SMILES string of the molecule is CC#CCCC(=O)C1(C)CCCO1. The minimum atomic E-state index is -0.505. The molecule has 1 atom stereocenters. The fourth-order valence-electron chi connectivity index (χ4n) is 1.56. The monoisotopic (exact) mass is 180 g/mol. The van der Waals surface area contributed by atoms with Gasteiger partial charge in [0.15, 0.2) is 5.78 Å². The van der Waals surface area contributed by atoms with E-state index in [1.54, 1.807) is 6.92 Å². The van der Waals surface area contributed by atoms with Gasteiger partial charge in [0.05, 0.1) is 0 Å². The summed E-state index contributed by atoms with van der Waals surface area (Å²) in [7, 11) is 0. The van der Waals surface area contributed by atoms with Crippen LogP contribution in [0.5, 0.6) is 0 Å². The largest absolute Gasteiger partial charge is 0.368 e. The van der Waals surface area contributed by atoms with Gasteiger partial charge in [0.25, 0.3) is 0 Å². The van der Waals surface area contributed by atoms with Crippen molar-refractivity contribution in [1.82, 2.24) is 0 Å². The molecule has 0 bridgehead atoms. The lowest BCUT2D eigenvalue weighted by Crippen LogP contribution is -2.33. The average molecular weight is 180 g/mol. The second-order valence-corrected chi connectivity index (χ2v) is 3.53. The molecule has 1 saturated heterocycles. The number of hydrogen-bond acceptors (Lipinski definition) is 2. The van der Waals surface area contributed by atoms with E-state index in [1.165, 1.54) is 0 Å². The van der Waals surface area contributed by atoms with Crippen molar-refractivity contribution in [1.29, 1.82) is 0 Å². The van der Waals surface area contributed by atoms with Crippen LogP contribution in [0.3, 0.4) is 0 Å². The molecule has 0 saturated carbocycles. The third-order valence-electron chi connectivity index (χ3n) is 2.46. The zero-order valence-electron chi connectivity index (χ0n) is 8.35. The third kappa shape index (κ3) is 2.57. The highest BCUT2D eigenvalue weighted by Crippen LogP contribution is 2.27. The van der Waals surface area contributed by atoms with Crippen molar-refractivity contribution in [3.05, 3.63) is 0 Å². The molecule has 0 aromatic rings. The Hall–Kier alpha value is -0.810. The van der Waals surface area contributed by atoms with E-state index in [-0.39, 0.29) is 5.78 Å². The van der Waals surface area contributed by atoms with Gasteiger partial charge in [-0.3, -0.25) is 4.79 Å². The molecule has 72 valence electrons. The van der Waals surface area contributed by atoms with Gasteiger partial charge in [-0.15, -0.1) is 11.8 Å². The molecule has 2 heteroatoms. The summed E-state index contributed by atoms with van der Waals surface area (Å²) in [6.07, 6.45) is 3.05. The number of carbonyl (C=O) groups is 1. The molecular weight excluding hydrogens is 164 g/mol. The molecule has 0 amide bonds. The van der Waals surface area contributed by atoms with Gasteiger partial charge in [0.2, 0.25) is 0 Å². The molecule has 1 rings (SSSR count). The molecule has 1 aliphatic heterocycles. The van der Waals surface area contributed by atoms with Crippen LogP contribution in [0.1, 0.15) is 39.5 Å². The summed E-state index contributed by atoms with van der Waals surface area (Å²) >= 11 is 0. The molecular formula is C11H16O2. The normalized spacial score (nSPS) is 26.6. The Balaban J connectivity index is 2.40. The van der Waals surface area contributed by atoms with Crippen molar-refractivity contribution in [3.8, 4) is 11.8 Å². The quantitative estimate of drug-likeness (QED) is 0.620. The number of ether oxygens (including phenoxy) is 1. The molecule has 1 fully saturated rings. The molecule has 0 N–H and O–H groups in total. The summed E-state index contributed by atoms with van der Waals surface area (Å²) in [6.45, 7) is 4.40. The standard InChI is InChI=1S/C11H16O2/c1-3-4-5-7-10(12)11(2)8-6-9-13-11/h5-9H2,1-2H3. The van der Waals surface area contributed by atoms with E-state index in [0.29, 0.717) is 12.8 Å². The third-order valence-corrected chi connectivity index (χ3v) is 2.46. The summed E-state index contributed by atoms with van der Waals surface area (Å²) in [5.74, 6) is 5.88. The van der Waals surface area contributed by atoms with Crippen LogP contribution in [0, 0.1) is 11.8 Å². The predicted octanol–water partition coefficient (Wildman–Crippen LogP) is 1.93. The van der Waals surface area contributed by atoms with Crippen LogP contribution in [-0.2, 0) is 9.53 Å². The van der Waals surface area contributed by atoms with Crippen molar-refractivity contribution >= 4 is 5.78 Å². The topological polar surface area (TPSA) is 26.3 Å². The zero-order valence-corrected chi connectivity index (χ0v) is 8.35. The summed E-state index contributed by atoms with van der Waals surface area (Å²) < 4.78 is 5.44. The molecule has 0 aromatic heterocycles. The van der Waals surface area contributed by atoms with E-state index in [9.17, 15) is 4.79 Å². The van der Waals surface area contributed by atoms with E-state index in [1.807, 2.05) is 6.92 Å². The molecule has 1 heterocycles. The smallest absolute Gasteiger partial charge is 0.165 e. The molecule has 13 heavy (non-hydrogen) atoms. The second kappa shape index (κ2) is 4.43. The van der Waals surface area contributed by atoms with Gasteiger partial charge in [0, 0.05) is 19.4 Å². The van der Waals surface area contributed by atoms with Crippen molar-refractivity contribution in [2.45, 2.75) is 45.1 Å². The van der Waals surface area contributed by atoms with Crippen LogP contribution in [-0.4, -0.2) is 18.0 Å². The summed E-state index contributed by atoms with van der Waals surface area (Å²) in [6, 6.07) is 0. The first-order valence-corrected chi connectivity index (χ1v) is 4.76. The van der Waals surface area contributed by atoms with Crippen molar-refractivity contribution in [2.24, 2.45) is 0 Å². The van der Waals surface area contributed by atoms with Crippen LogP contribution in [0.4, 0.5) is 0 Å². The van der Waals surface area contributed by atoms with E-state index in [0.717, 1.165) is 19.4 Å². The van der Waals surface area contributed by atoms with Gasteiger partial charge >= 0.3 is 0 Å². The van der Waals surface area contributed by atoms with Gasteiger partial charge in [-0.2, -0.15) is 0 Å². The van der Waals surface area contributed by atoms with Crippen LogP contribution < -0.4 is 0 Å². The maximum atomic E-state index is 11.6. The minimum absolute atomic E-state index is 0.202. The van der Waals surface area contributed by atoms with Crippen LogP contribution in [0.2, 0.25) is 0 Å². The van der Waals surface area contributed by atoms with Gasteiger partial charge in [-0.05, 0) is 26.7 Å².